The number of halogens is 1. The van der Waals surface area contributed by atoms with Crippen molar-refractivity contribution in [2.75, 3.05) is 26.1 Å². The van der Waals surface area contributed by atoms with Crippen molar-refractivity contribution in [3.63, 3.8) is 0 Å². The minimum atomic E-state index is -0.280. The van der Waals surface area contributed by atoms with Crippen molar-refractivity contribution in [1.29, 1.82) is 0 Å². The molecule has 0 saturated carbocycles. The first-order valence-electron chi connectivity index (χ1n) is 7.81. The SMILES string of the molecule is C=CCOc1ccc(/C=C/C(=O)Nc2ccc(OC)c(Cl)c2)cc1OC. The molecule has 2 aromatic carbocycles. The second kappa shape index (κ2) is 9.53. The third-order valence-corrected chi connectivity index (χ3v) is 3.69. The van der Waals surface area contributed by atoms with Gasteiger partial charge in [-0.2, -0.15) is 0 Å². The zero-order chi connectivity index (χ0) is 18.9. The topological polar surface area (TPSA) is 56.8 Å². The van der Waals surface area contributed by atoms with E-state index in [2.05, 4.69) is 11.9 Å². The third-order valence-electron chi connectivity index (χ3n) is 3.39. The molecule has 6 heteroatoms. The summed E-state index contributed by atoms with van der Waals surface area (Å²) in [6.45, 7) is 4.00. The molecule has 26 heavy (non-hydrogen) atoms. The summed E-state index contributed by atoms with van der Waals surface area (Å²) in [5.41, 5.74) is 1.38. The van der Waals surface area contributed by atoms with Gasteiger partial charge in [0.25, 0.3) is 0 Å². The van der Waals surface area contributed by atoms with Gasteiger partial charge in [-0.3, -0.25) is 4.79 Å². The maximum Gasteiger partial charge on any atom is 0.248 e. The molecule has 0 aliphatic rings. The molecule has 0 saturated heterocycles. The number of ether oxygens (including phenoxy) is 3. The molecular weight excluding hydrogens is 354 g/mol. The Labute approximate surface area is 157 Å². The predicted octanol–water partition coefficient (Wildman–Crippen LogP) is 4.57. The lowest BCUT2D eigenvalue weighted by Gasteiger charge is -2.09. The zero-order valence-corrected chi connectivity index (χ0v) is 15.4. The molecule has 0 aromatic heterocycles. The fourth-order valence-corrected chi connectivity index (χ4v) is 2.41. The highest BCUT2D eigenvalue weighted by Gasteiger charge is 2.06. The minimum Gasteiger partial charge on any atom is -0.495 e. The van der Waals surface area contributed by atoms with Gasteiger partial charge in [-0.15, -0.1) is 0 Å². The number of carbonyl (C=O) groups is 1. The van der Waals surface area contributed by atoms with Crippen LogP contribution in [0.25, 0.3) is 6.08 Å². The summed E-state index contributed by atoms with van der Waals surface area (Å²) in [5, 5.41) is 3.16. The summed E-state index contributed by atoms with van der Waals surface area (Å²) in [5.74, 6) is 1.46. The van der Waals surface area contributed by atoms with E-state index in [-0.39, 0.29) is 5.91 Å². The molecule has 2 aromatic rings. The molecule has 0 heterocycles. The summed E-state index contributed by atoms with van der Waals surface area (Å²) < 4.78 is 15.9. The minimum absolute atomic E-state index is 0.280. The van der Waals surface area contributed by atoms with Crippen LogP contribution < -0.4 is 19.5 Å². The number of carbonyl (C=O) groups excluding carboxylic acids is 1. The molecule has 0 aliphatic heterocycles. The fraction of sp³-hybridized carbons (Fsp3) is 0.150. The smallest absolute Gasteiger partial charge is 0.248 e. The summed E-state index contributed by atoms with van der Waals surface area (Å²) in [6.07, 6.45) is 4.76. The van der Waals surface area contributed by atoms with E-state index in [0.29, 0.717) is 34.6 Å². The highest BCUT2D eigenvalue weighted by Crippen LogP contribution is 2.29. The van der Waals surface area contributed by atoms with E-state index in [0.717, 1.165) is 5.56 Å². The van der Waals surface area contributed by atoms with E-state index in [1.165, 1.54) is 13.2 Å². The first-order chi connectivity index (χ1) is 12.6. The van der Waals surface area contributed by atoms with Crippen molar-refractivity contribution in [2.24, 2.45) is 0 Å². The van der Waals surface area contributed by atoms with E-state index in [9.17, 15) is 4.79 Å². The van der Waals surface area contributed by atoms with Gasteiger partial charge in [-0.25, -0.2) is 0 Å². The molecule has 0 atom stereocenters. The van der Waals surface area contributed by atoms with Crippen molar-refractivity contribution >= 4 is 29.3 Å². The maximum atomic E-state index is 12.1. The zero-order valence-electron chi connectivity index (χ0n) is 14.6. The molecule has 0 aliphatic carbocycles. The first kappa shape index (κ1) is 19.4. The van der Waals surface area contributed by atoms with Crippen molar-refractivity contribution < 1.29 is 19.0 Å². The number of anilines is 1. The molecule has 0 radical (unpaired) electrons. The molecule has 1 amide bonds. The van der Waals surface area contributed by atoms with Gasteiger partial charge in [0.2, 0.25) is 5.91 Å². The van der Waals surface area contributed by atoms with Gasteiger partial charge in [-0.1, -0.05) is 30.3 Å². The van der Waals surface area contributed by atoms with Crippen LogP contribution in [0, 0.1) is 0 Å². The largest absolute Gasteiger partial charge is 0.495 e. The van der Waals surface area contributed by atoms with Crippen LogP contribution in [0.3, 0.4) is 0 Å². The predicted molar refractivity (Wildman–Crippen MR) is 104 cm³/mol. The van der Waals surface area contributed by atoms with E-state index < -0.39 is 0 Å². The summed E-state index contributed by atoms with van der Waals surface area (Å²) in [4.78, 5) is 12.1. The van der Waals surface area contributed by atoms with Gasteiger partial charge >= 0.3 is 0 Å². The molecule has 0 spiro atoms. The van der Waals surface area contributed by atoms with Gasteiger partial charge in [0, 0.05) is 11.8 Å². The monoisotopic (exact) mass is 373 g/mol. The molecular formula is C20H20ClNO4. The average molecular weight is 374 g/mol. The quantitative estimate of drug-likeness (QED) is 0.543. The van der Waals surface area contributed by atoms with Gasteiger partial charge in [0.1, 0.15) is 12.4 Å². The van der Waals surface area contributed by atoms with Gasteiger partial charge in [-0.05, 0) is 42.0 Å². The molecule has 0 fully saturated rings. The number of hydrogen-bond donors (Lipinski definition) is 1. The van der Waals surface area contributed by atoms with Crippen LogP contribution in [0.1, 0.15) is 5.56 Å². The summed E-state index contributed by atoms with van der Waals surface area (Å²) in [7, 11) is 3.09. The van der Waals surface area contributed by atoms with Gasteiger partial charge in [0.05, 0.1) is 19.2 Å². The van der Waals surface area contributed by atoms with Crippen LogP contribution in [0.5, 0.6) is 17.2 Å². The molecule has 5 nitrogen and oxygen atoms in total. The fourth-order valence-electron chi connectivity index (χ4n) is 2.16. The van der Waals surface area contributed by atoms with Crippen LogP contribution in [-0.2, 0) is 4.79 Å². The molecule has 0 unspecified atom stereocenters. The number of rotatable bonds is 8. The Morgan fingerprint density at radius 2 is 1.85 bits per heavy atom. The molecule has 0 bridgehead atoms. The van der Waals surface area contributed by atoms with Crippen molar-refractivity contribution in [3.8, 4) is 17.2 Å². The van der Waals surface area contributed by atoms with Crippen molar-refractivity contribution in [2.45, 2.75) is 0 Å². The third kappa shape index (κ3) is 5.29. The van der Waals surface area contributed by atoms with Crippen LogP contribution in [0.15, 0.2) is 55.1 Å². The Balaban J connectivity index is 2.05. The van der Waals surface area contributed by atoms with Gasteiger partial charge < -0.3 is 19.5 Å². The number of methoxy groups -OCH3 is 2. The van der Waals surface area contributed by atoms with E-state index >= 15 is 0 Å². The highest BCUT2D eigenvalue weighted by atomic mass is 35.5. The maximum absolute atomic E-state index is 12.1. The number of benzene rings is 2. The van der Waals surface area contributed by atoms with Crippen molar-refractivity contribution in [3.05, 3.63) is 65.7 Å². The second-order valence-corrected chi connectivity index (χ2v) is 5.59. The van der Waals surface area contributed by atoms with Crippen LogP contribution in [0.2, 0.25) is 5.02 Å². The number of hydrogen-bond acceptors (Lipinski definition) is 4. The Kier molecular flexibility index (Phi) is 7.12. The number of amides is 1. The number of nitrogens with one attached hydrogen (secondary N) is 1. The Hall–Kier alpha value is -2.92. The molecule has 136 valence electrons. The normalized spacial score (nSPS) is 10.4. The van der Waals surface area contributed by atoms with E-state index in [1.54, 1.807) is 49.6 Å². The lowest BCUT2D eigenvalue weighted by molar-refractivity contribution is -0.111. The Morgan fingerprint density at radius 3 is 2.50 bits per heavy atom. The summed E-state index contributed by atoms with van der Waals surface area (Å²) >= 11 is 6.04. The standard InChI is InChI=1S/C20H20ClNO4/c1-4-11-26-18-8-5-14(12-19(18)25-3)6-10-20(23)22-15-7-9-17(24-2)16(21)13-15/h4-10,12-13H,1,11H2,2-3H3,(H,22,23)/b10-6+. The Morgan fingerprint density at radius 1 is 1.12 bits per heavy atom. The van der Waals surface area contributed by atoms with E-state index in [4.69, 9.17) is 25.8 Å². The van der Waals surface area contributed by atoms with Crippen LogP contribution >= 0.6 is 11.6 Å². The molecule has 2 rings (SSSR count). The average Bonchev–Trinajstić information content (AvgIpc) is 2.65. The second-order valence-electron chi connectivity index (χ2n) is 5.18. The van der Waals surface area contributed by atoms with Gasteiger partial charge in [0.15, 0.2) is 11.5 Å². The highest BCUT2D eigenvalue weighted by molar-refractivity contribution is 6.32. The summed E-state index contributed by atoms with van der Waals surface area (Å²) in [6, 6.07) is 10.4. The lowest BCUT2D eigenvalue weighted by Crippen LogP contribution is -2.07. The first-order valence-corrected chi connectivity index (χ1v) is 8.19. The van der Waals surface area contributed by atoms with E-state index in [1.807, 2.05) is 6.07 Å². The molecule has 1 N–H and O–H groups in total. The van der Waals surface area contributed by atoms with Crippen molar-refractivity contribution in [1.82, 2.24) is 0 Å². The van der Waals surface area contributed by atoms with Crippen LogP contribution in [-0.4, -0.2) is 26.7 Å². The lowest BCUT2D eigenvalue weighted by atomic mass is 10.2. The van der Waals surface area contributed by atoms with Crippen LogP contribution in [0.4, 0.5) is 5.69 Å². The Bertz CT molecular complexity index is 817.